The number of hydrogen-bond donors (Lipinski definition) is 1. The van der Waals surface area contributed by atoms with Gasteiger partial charge in [-0.05, 0) is 54.0 Å². The summed E-state index contributed by atoms with van der Waals surface area (Å²) in [5.41, 5.74) is 4.16. The monoisotopic (exact) mass is 354 g/mol. The van der Waals surface area contributed by atoms with Crippen LogP contribution in [0, 0.1) is 17.4 Å². The highest BCUT2D eigenvalue weighted by Gasteiger charge is 2.11. The van der Waals surface area contributed by atoms with Crippen LogP contribution in [0.5, 0.6) is 0 Å². The van der Waals surface area contributed by atoms with Gasteiger partial charge >= 0.3 is 0 Å². The van der Waals surface area contributed by atoms with E-state index in [0.717, 1.165) is 23.2 Å². The summed E-state index contributed by atoms with van der Waals surface area (Å²) in [5.74, 6) is 0.665. The number of benzene rings is 1. The van der Waals surface area contributed by atoms with Crippen LogP contribution in [-0.2, 0) is 6.42 Å². The van der Waals surface area contributed by atoms with E-state index in [2.05, 4.69) is 45.5 Å². The van der Waals surface area contributed by atoms with Gasteiger partial charge in [0.1, 0.15) is 5.82 Å². The van der Waals surface area contributed by atoms with Gasteiger partial charge in [0.15, 0.2) is 0 Å². The molecule has 4 heteroatoms. The van der Waals surface area contributed by atoms with Crippen LogP contribution in [0.25, 0.3) is 11.4 Å². The van der Waals surface area contributed by atoms with Crippen molar-refractivity contribution in [1.82, 2.24) is 9.97 Å². The van der Waals surface area contributed by atoms with Crippen molar-refractivity contribution in [3.8, 4) is 11.4 Å². The molecule has 0 spiro atoms. The van der Waals surface area contributed by atoms with E-state index in [1.807, 2.05) is 26.0 Å². The number of aromatic nitrogens is 2. The van der Waals surface area contributed by atoms with Crippen LogP contribution in [0.3, 0.4) is 0 Å². The van der Waals surface area contributed by atoms with Crippen molar-refractivity contribution in [3.05, 3.63) is 48.9 Å². The molecule has 0 aliphatic heterocycles. The van der Waals surface area contributed by atoms with E-state index < -0.39 is 0 Å². The lowest BCUT2D eigenvalue weighted by Gasteiger charge is -2.09. The van der Waals surface area contributed by atoms with Crippen molar-refractivity contribution in [2.75, 3.05) is 0 Å². The van der Waals surface area contributed by atoms with Crippen molar-refractivity contribution in [2.45, 2.75) is 27.2 Å². The molecular formula is C14H15IN2O. The second kappa shape index (κ2) is 5.22. The fourth-order valence-electron chi connectivity index (χ4n) is 1.87. The molecule has 0 aliphatic rings. The lowest BCUT2D eigenvalue weighted by Crippen LogP contribution is -2.16. The van der Waals surface area contributed by atoms with E-state index >= 15 is 0 Å². The number of nitrogens with one attached hydrogen (secondary N) is 1. The molecule has 1 aromatic heterocycles. The van der Waals surface area contributed by atoms with Gasteiger partial charge in [-0.3, -0.25) is 4.79 Å². The van der Waals surface area contributed by atoms with E-state index in [0.29, 0.717) is 9.39 Å². The second-order valence-corrected chi connectivity index (χ2v) is 5.35. The molecule has 0 radical (unpaired) electrons. The number of aromatic amines is 1. The Labute approximate surface area is 120 Å². The first-order valence-corrected chi connectivity index (χ1v) is 6.97. The number of H-pyrrole nitrogens is 1. The van der Waals surface area contributed by atoms with Crippen molar-refractivity contribution < 1.29 is 0 Å². The second-order valence-electron chi connectivity index (χ2n) is 4.28. The minimum absolute atomic E-state index is 0.0571. The summed E-state index contributed by atoms with van der Waals surface area (Å²) in [4.78, 5) is 19.3. The van der Waals surface area contributed by atoms with Crippen LogP contribution < -0.4 is 5.56 Å². The maximum absolute atomic E-state index is 11.9. The Balaban J connectivity index is 2.68. The van der Waals surface area contributed by atoms with Gasteiger partial charge in [0, 0.05) is 5.56 Å². The molecule has 2 aromatic rings. The predicted molar refractivity (Wildman–Crippen MR) is 81.9 cm³/mol. The van der Waals surface area contributed by atoms with Crippen molar-refractivity contribution >= 4 is 22.6 Å². The first kappa shape index (κ1) is 13.3. The van der Waals surface area contributed by atoms with Gasteiger partial charge in [-0.25, -0.2) is 4.98 Å². The summed E-state index contributed by atoms with van der Waals surface area (Å²) in [7, 11) is 0. The molecule has 0 atom stereocenters. The van der Waals surface area contributed by atoms with Crippen molar-refractivity contribution in [2.24, 2.45) is 0 Å². The Kier molecular flexibility index (Phi) is 3.85. The smallest absolute Gasteiger partial charge is 0.264 e. The fraction of sp³-hybridized carbons (Fsp3) is 0.286. The minimum atomic E-state index is -0.0571. The molecule has 0 bridgehead atoms. The zero-order valence-corrected chi connectivity index (χ0v) is 12.8. The SMILES string of the molecule is CCc1nc(-c2cccc(C)c2C)[nH]c(=O)c1I. The fourth-order valence-corrected chi connectivity index (χ4v) is 2.51. The molecule has 94 valence electrons. The van der Waals surface area contributed by atoms with E-state index in [4.69, 9.17) is 0 Å². The summed E-state index contributed by atoms with van der Waals surface area (Å²) in [6.07, 6.45) is 0.764. The average Bonchev–Trinajstić information content (AvgIpc) is 2.36. The third-order valence-corrected chi connectivity index (χ3v) is 4.24. The van der Waals surface area contributed by atoms with E-state index in [-0.39, 0.29) is 5.56 Å². The summed E-state index contributed by atoms with van der Waals surface area (Å²) >= 11 is 2.05. The van der Waals surface area contributed by atoms with Gasteiger partial charge in [0.2, 0.25) is 0 Å². The molecular weight excluding hydrogens is 339 g/mol. The third-order valence-electron chi connectivity index (χ3n) is 3.13. The van der Waals surface area contributed by atoms with E-state index in [9.17, 15) is 4.79 Å². The van der Waals surface area contributed by atoms with Gasteiger partial charge in [-0.2, -0.15) is 0 Å². The Hall–Kier alpha value is -1.17. The molecule has 1 heterocycles. The molecule has 0 amide bonds. The highest BCUT2D eigenvalue weighted by atomic mass is 127. The predicted octanol–water partition coefficient (Wildman–Crippen LogP) is 3.22. The highest BCUT2D eigenvalue weighted by molar-refractivity contribution is 14.1. The van der Waals surface area contributed by atoms with E-state index in [1.165, 1.54) is 5.56 Å². The Morgan fingerprint density at radius 3 is 2.72 bits per heavy atom. The van der Waals surface area contributed by atoms with Crippen LogP contribution in [0.4, 0.5) is 0 Å². The van der Waals surface area contributed by atoms with Crippen LogP contribution in [0.1, 0.15) is 23.7 Å². The van der Waals surface area contributed by atoms with Crippen LogP contribution in [-0.4, -0.2) is 9.97 Å². The Morgan fingerprint density at radius 1 is 1.33 bits per heavy atom. The maximum Gasteiger partial charge on any atom is 0.264 e. The zero-order chi connectivity index (χ0) is 13.3. The van der Waals surface area contributed by atoms with Gasteiger partial charge < -0.3 is 4.98 Å². The lowest BCUT2D eigenvalue weighted by atomic mass is 10.0. The standard InChI is InChI=1S/C14H15IN2O/c1-4-11-12(15)14(18)17-13(16-11)10-7-5-6-8(2)9(10)3/h5-7H,4H2,1-3H3,(H,16,17,18). The lowest BCUT2D eigenvalue weighted by molar-refractivity contribution is 0.966. The maximum atomic E-state index is 11.9. The number of halogens is 1. The number of rotatable bonds is 2. The Morgan fingerprint density at radius 2 is 2.06 bits per heavy atom. The topological polar surface area (TPSA) is 45.8 Å². The molecule has 3 nitrogen and oxygen atoms in total. The number of hydrogen-bond acceptors (Lipinski definition) is 2. The molecule has 0 unspecified atom stereocenters. The number of nitrogens with zero attached hydrogens (tertiary/aromatic N) is 1. The first-order valence-electron chi connectivity index (χ1n) is 5.89. The van der Waals surface area contributed by atoms with Gasteiger partial charge in [-0.1, -0.05) is 25.1 Å². The molecule has 1 N–H and O–H groups in total. The van der Waals surface area contributed by atoms with Crippen molar-refractivity contribution in [1.29, 1.82) is 0 Å². The van der Waals surface area contributed by atoms with Crippen LogP contribution in [0.2, 0.25) is 0 Å². The average molecular weight is 354 g/mol. The third kappa shape index (κ3) is 2.34. The van der Waals surface area contributed by atoms with Gasteiger partial charge in [0.05, 0.1) is 9.26 Å². The van der Waals surface area contributed by atoms with Gasteiger partial charge in [-0.15, -0.1) is 0 Å². The molecule has 0 fully saturated rings. The quantitative estimate of drug-likeness (QED) is 0.842. The summed E-state index contributed by atoms with van der Waals surface area (Å²) in [5, 5.41) is 0. The number of aryl methyl sites for hydroxylation is 2. The van der Waals surface area contributed by atoms with Crippen LogP contribution in [0.15, 0.2) is 23.0 Å². The van der Waals surface area contributed by atoms with Crippen LogP contribution >= 0.6 is 22.6 Å². The zero-order valence-electron chi connectivity index (χ0n) is 10.7. The molecule has 1 aromatic carbocycles. The highest BCUT2D eigenvalue weighted by Crippen LogP contribution is 2.22. The molecule has 18 heavy (non-hydrogen) atoms. The Bertz CT molecular complexity index is 647. The van der Waals surface area contributed by atoms with E-state index in [1.54, 1.807) is 0 Å². The molecule has 0 saturated carbocycles. The molecule has 0 saturated heterocycles. The summed E-state index contributed by atoms with van der Waals surface area (Å²) in [6, 6.07) is 6.04. The first-order chi connectivity index (χ1) is 8.54. The molecule has 2 rings (SSSR count). The van der Waals surface area contributed by atoms with Gasteiger partial charge in [0.25, 0.3) is 5.56 Å². The summed E-state index contributed by atoms with van der Waals surface area (Å²) in [6.45, 7) is 6.12. The summed E-state index contributed by atoms with van der Waals surface area (Å²) < 4.78 is 0.684. The largest absolute Gasteiger partial charge is 0.306 e. The minimum Gasteiger partial charge on any atom is -0.306 e. The normalized spacial score (nSPS) is 10.7. The molecule has 0 aliphatic carbocycles. The van der Waals surface area contributed by atoms with Crippen molar-refractivity contribution in [3.63, 3.8) is 0 Å².